The number of hydrogen-bond donors (Lipinski definition) is 1. The number of carbonyl (C=O) groups excluding carboxylic acids is 1. The maximum atomic E-state index is 12.1. The monoisotopic (exact) mass is 385 g/mol. The second kappa shape index (κ2) is 7.38. The molecule has 0 unspecified atom stereocenters. The van der Waals surface area contributed by atoms with E-state index in [4.69, 9.17) is 16.0 Å². The van der Waals surface area contributed by atoms with Crippen LogP contribution in [-0.2, 0) is 0 Å². The van der Waals surface area contributed by atoms with Gasteiger partial charge in [-0.2, -0.15) is 5.10 Å². The minimum Gasteiger partial charge on any atom is -0.422 e. The van der Waals surface area contributed by atoms with Crippen LogP contribution in [0.15, 0.2) is 62.8 Å². The van der Waals surface area contributed by atoms with Gasteiger partial charge in [0, 0.05) is 28.1 Å². The molecule has 0 spiro atoms. The topological polar surface area (TPSA) is 115 Å². The summed E-state index contributed by atoms with van der Waals surface area (Å²) in [5.41, 5.74) is 2.56. The summed E-state index contributed by atoms with van der Waals surface area (Å²) >= 11 is 5.94. The number of carbonyl (C=O) groups is 1. The Kier molecular flexibility index (Phi) is 5.00. The first-order valence-electron chi connectivity index (χ1n) is 7.68. The number of benzene rings is 2. The van der Waals surface area contributed by atoms with Gasteiger partial charge in [-0.15, -0.1) is 0 Å². The standard InChI is InChI=1S/C18H12ClN3O5/c1-10(15-9-12-8-13(19)4-7-16(12)27-18(15)24)20-21-17(23)11-2-5-14(6-3-11)22(25)26/h2-9H,1H3,(H,21,23)/b20-10-. The average Bonchev–Trinajstić information content (AvgIpc) is 2.65. The molecule has 1 aromatic heterocycles. The zero-order valence-corrected chi connectivity index (χ0v) is 14.7. The van der Waals surface area contributed by atoms with Crippen molar-refractivity contribution in [2.45, 2.75) is 6.92 Å². The molecule has 1 N–H and O–H groups in total. The van der Waals surface area contributed by atoms with Crippen LogP contribution in [0.2, 0.25) is 5.02 Å². The first-order valence-corrected chi connectivity index (χ1v) is 8.06. The van der Waals surface area contributed by atoms with Crippen LogP contribution in [0, 0.1) is 10.1 Å². The molecule has 9 heteroatoms. The molecule has 0 aliphatic heterocycles. The highest BCUT2D eigenvalue weighted by molar-refractivity contribution is 6.31. The molecule has 0 bridgehead atoms. The molecule has 1 amide bonds. The van der Waals surface area contributed by atoms with E-state index in [0.29, 0.717) is 16.0 Å². The van der Waals surface area contributed by atoms with Crippen LogP contribution in [0.4, 0.5) is 5.69 Å². The number of hydrogen-bond acceptors (Lipinski definition) is 6. The number of fused-ring (bicyclic) bond motifs is 1. The average molecular weight is 386 g/mol. The number of nitro groups is 1. The summed E-state index contributed by atoms with van der Waals surface area (Å²) in [6.45, 7) is 1.54. The third kappa shape index (κ3) is 4.01. The minimum absolute atomic E-state index is 0.126. The summed E-state index contributed by atoms with van der Waals surface area (Å²) in [4.78, 5) is 34.3. The first-order chi connectivity index (χ1) is 12.8. The summed E-state index contributed by atoms with van der Waals surface area (Å²) < 4.78 is 5.22. The largest absolute Gasteiger partial charge is 0.422 e. The van der Waals surface area contributed by atoms with Gasteiger partial charge in [-0.25, -0.2) is 10.2 Å². The van der Waals surface area contributed by atoms with E-state index in [2.05, 4.69) is 10.5 Å². The van der Waals surface area contributed by atoms with Gasteiger partial charge in [0.2, 0.25) is 0 Å². The Labute approximate surface area is 157 Å². The predicted molar refractivity (Wildman–Crippen MR) is 100 cm³/mol. The molecule has 0 aliphatic rings. The van der Waals surface area contributed by atoms with Crippen LogP contribution in [0.1, 0.15) is 22.8 Å². The Bertz CT molecular complexity index is 1140. The van der Waals surface area contributed by atoms with Crippen molar-refractivity contribution in [1.29, 1.82) is 0 Å². The van der Waals surface area contributed by atoms with Crippen molar-refractivity contribution in [1.82, 2.24) is 5.43 Å². The number of nitrogens with one attached hydrogen (secondary N) is 1. The number of hydrazone groups is 1. The van der Waals surface area contributed by atoms with Crippen LogP contribution < -0.4 is 11.1 Å². The van der Waals surface area contributed by atoms with E-state index in [1.807, 2.05) is 0 Å². The van der Waals surface area contributed by atoms with E-state index in [9.17, 15) is 19.7 Å². The maximum Gasteiger partial charge on any atom is 0.345 e. The van der Waals surface area contributed by atoms with Crippen molar-refractivity contribution < 1.29 is 14.1 Å². The Morgan fingerprint density at radius 2 is 1.89 bits per heavy atom. The van der Waals surface area contributed by atoms with Gasteiger partial charge in [-0.1, -0.05) is 11.6 Å². The number of nitrogens with zero attached hydrogens (tertiary/aromatic N) is 2. The molecule has 0 saturated heterocycles. The van der Waals surface area contributed by atoms with E-state index in [1.54, 1.807) is 31.2 Å². The molecule has 136 valence electrons. The van der Waals surface area contributed by atoms with Crippen molar-refractivity contribution in [2.75, 3.05) is 0 Å². The summed E-state index contributed by atoms with van der Waals surface area (Å²) in [5, 5.41) is 15.7. The van der Waals surface area contributed by atoms with Gasteiger partial charge in [-0.05, 0) is 43.3 Å². The molecule has 1 heterocycles. The van der Waals surface area contributed by atoms with E-state index in [1.165, 1.54) is 24.3 Å². The van der Waals surface area contributed by atoms with Crippen LogP contribution in [-0.4, -0.2) is 16.5 Å². The Morgan fingerprint density at radius 3 is 2.56 bits per heavy atom. The highest BCUT2D eigenvalue weighted by Gasteiger charge is 2.11. The van der Waals surface area contributed by atoms with Gasteiger partial charge >= 0.3 is 5.63 Å². The lowest BCUT2D eigenvalue weighted by Crippen LogP contribution is -2.21. The van der Waals surface area contributed by atoms with E-state index in [0.717, 1.165) is 0 Å². The van der Waals surface area contributed by atoms with Gasteiger partial charge in [0.25, 0.3) is 11.6 Å². The molecule has 0 radical (unpaired) electrons. The minimum atomic E-state index is -0.601. The van der Waals surface area contributed by atoms with Crippen molar-refractivity contribution in [3.8, 4) is 0 Å². The van der Waals surface area contributed by atoms with Gasteiger partial charge in [-0.3, -0.25) is 14.9 Å². The zero-order valence-electron chi connectivity index (χ0n) is 13.9. The fourth-order valence-corrected chi connectivity index (χ4v) is 2.52. The maximum absolute atomic E-state index is 12.1. The lowest BCUT2D eigenvalue weighted by atomic mass is 10.1. The molecule has 0 atom stereocenters. The van der Waals surface area contributed by atoms with Crippen LogP contribution >= 0.6 is 11.6 Å². The third-order valence-electron chi connectivity index (χ3n) is 3.75. The van der Waals surface area contributed by atoms with E-state index >= 15 is 0 Å². The van der Waals surface area contributed by atoms with Crippen LogP contribution in [0.5, 0.6) is 0 Å². The molecule has 0 aliphatic carbocycles. The van der Waals surface area contributed by atoms with Gasteiger partial charge in [0.05, 0.1) is 16.2 Å². The summed E-state index contributed by atoms with van der Waals surface area (Å²) in [5.74, 6) is -0.572. The molecular weight excluding hydrogens is 374 g/mol. The summed E-state index contributed by atoms with van der Waals surface area (Å²) in [7, 11) is 0. The summed E-state index contributed by atoms with van der Waals surface area (Å²) in [6.07, 6.45) is 0. The fraction of sp³-hybridized carbons (Fsp3) is 0.0556. The molecule has 0 fully saturated rings. The quantitative estimate of drug-likeness (QED) is 0.319. The Morgan fingerprint density at radius 1 is 1.19 bits per heavy atom. The lowest BCUT2D eigenvalue weighted by molar-refractivity contribution is -0.384. The Balaban J connectivity index is 1.83. The number of halogens is 1. The van der Waals surface area contributed by atoms with E-state index < -0.39 is 16.5 Å². The molecular formula is C18H12ClN3O5. The van der Waals surface area contributed by atoms with E-state index in [-0.39, 0.29) is 22.5 Å². The normalized spacial score (nSPS) is 11.4. The van der Waals surface area contributed by atoms with Crippen LogP contribution in [0.25, 0.3) is 11.0 Å². The highest BCUT2D eigenvalue weighted by atomic mass is 35.5. The van der Waals surface area contributed by atoms with Gasteiger partial charge in [0.15, 0.2) is 0 Å². The van der Waals surface area contributed by atoms with Crippen molar-refractivity contribution in [3.63, 3.8) is 0 Å². The van der Waals surface area contributed by atoms with Crippen LogP contribution in [0.3, 0.4) is 0 Å². The fourth-order valence-electron chi connectivity index (χ4n) is 2.34. The number of non-ortho nitro benzene ring substituents is 1. The smallest absolute Gasteiger partial charge is 0.345 e. The van der Waals surface area contributed by atoms with Crippen molar-refractivity contribution in [2.24, 2.45) is 5.10 Å². The molecule has 3 rings (SSSR count). The van der Waals surface area contributed by atoms with Gasteiger partial charge < -0.3 is 4.42 Å². The molecule has 2 aromatic carbocycles. The molecule has 0 saturated carbocycles. The van der Waals surface area contributed by atoms with Crippen molar-refractivity contribution in [3.05, 3.63) is 85.2 Å². The number of amides is 1. The first kappa shape index (κ1) is 18.3. The molecule has 3 aromatic rings. The van der Waals surface area contributed by atoms with Gasteiger partial charge in [0.1, 0.15) is 5.58 Å². The Hall–Kier alpha value is -3.52. The second-order valence-corrected chi connectivity index (χ2v) is 6.01. The number of nitro benzene ring substituents is 1. The molecule has 27 heavy (non-hydrogen) atoms. The zero-order chi connectivity index (χ0) is 19.6. The van der Waals surface area contributed by atoms with Crippen molar-refractivity contribution >= 4 is 39.9 Å². The molecule has 8 nitrogen and oxygen atoms in total. The number of rotatable bonds is 4. The lowest BCUT2D eigenvalue weighted by Gasteiger charge is -2.04. The highest BCUT2D eigenvalue weighted by Crippen LogP contribution is 2.19. The summed E-state index contributed by atoms with van der Waals surface area (Å²) in [6, 6.07) is 11.5. The third-order valence-corrected chi connectivity index (χ3v) is 3.98. The SMILES string of the molecule is C/C(=N/NC(=O)c1ccc([N+](=O)[O-])cc1)c1cc2cc(Cl)ccc2oc1=O. The second-order valence-electron chi connectivity index (χ2n) is 5.57. The predicted octanol–water partition coefficient (Wildman–Crippen LogP) is 3.51.